The lowest BCUT2D eigenvalue weighted by molar-refractivity contribution is -0.122. The number of piperidine rings is 1. The largest absolute Gasteiger partial charge is 0.324 e. The summed E-state index contributed by atoms with van der Waals surface area (Å²) in [6.45, 7) is 2.88. The molecule has 0 bridgehead atoms. The molecule has 1 fully saturated rings. The van der Waals surface area contributed by atoms with Crippen molar-refractivity contribution in [2.45, 2.75) is 31.7 Å². The van der Waals surface area contributed by atoms with Gasteiger partial charge in [-0.15, -0.1) is 11.3 Å². The number of hydrogen-bond acceptors (Lipinski definition) is 4. The van der Waals surface area contributed by atoms with Gasteiger partial charge in [-0.2, -0.15) is 0 Å². The van der Waals surface area contributed by atoms with Crippen molar-refractivity contribution >= 4 is 27.9 Å². The van der Waals surface area contributed by atoms with E-state index in [2.05, 4.69) is 15.6 Å². The molecule has 0 aliphatic carbocycles. The number of aromatic nitrogens is 2. The molecular formula is C18H20N4OS. The van der Waals surface area contributed by atoms with Gasteiger partial charge in [0, 0.05) is 29.0 Å². The zero-order valence-electron chi connectivity index (χ0n) is 13.6. The summed E-state index contributed by atoms with van der Waals surface area (Å²) >= 11 is 1.62. The summed E-state index contributed by atoms with van der Waals surface area (Å²) in [7, 11) is 0. The van der Waals surface area contributed by atoms with Crippen molar-refractivity contribution in [2.24, 2.45) is 0 Å². The predicted octanol–water partition coefficient (Wildman–Crippen LogP) is 3.53. The van der Waals surface area contributed by atoms with Crippen LogP contribution in [0.5, 0.6) is 0 Å². The van der Waals surface area contributed by atoms with Crippen molar-refractivity contribution in [2.75, 3.05) is 11.9 Å². The van der Waals surface area contributed by atoms with Gasteiger partial charge < -0.3 is 10.6 Å². The lowest BCUT2D eigenvalue weighted by atomic mass is 9.90. The summed E-state index contributed by atoms with van der Waals surface area (Å²) in [5.74, 6) is 0.0393. The maximum Gasteiger partial charge on any atom is 0.244 e. The number of thiazole rings is 1. The van der Waals surface area contributed by atoms with E-state index in [1.807, 2.05) is 53.4 Å². The van der Waals surface area contributed by atoms with Crippen molar-refractivity contribution in [1.82, 2.24) is 14.7 Å². The molecule has 5 nitrogen and oxygen atoms in total. The van der Waals surface area contributed by atoms with Crippen LogP contribution in [0.1, 0.15) is 26.2 Å². The summed E-state index contributed by atoms with van der Waals surface area (Å²) in [5.41, 5.74) is 2.34. The Balaban J connectivity index is 1.49. The lowest BCUT2D eigenvalue weighted by Crippen LogP contribution is -2.54. The van der Waals surface area contributed by atoms with E-state index in [0.717, 1.165) is 47.7 Å². The molecule has 0 saturated carbocycles. The average molecular weight is 340 g/mol. The number of carbonyl (C=O) groups excluding carboxylic acids is 1. The molecule has 3 aromatic rings. The van der Waals surface area contributed by atoms with Crippen LogP contribution in [0, 0.1) is 0 Å². The van der Waals surface area contributed by atoms with E-state index >= 15 is 0 Å². The smallest absolute Gasteiger partial charge is 0.244 e. The Morgan fingerprint density at radius 1 is 1.33 bits per heavy atom. The van der Waals surface area contributed by atoms with Crippen LogP contribution in [0.4, 0.5) is 5.69 Å². The Morgan fingerprint density at radius 2 is 2.17 bits per heavy atom. The van der Waals surface area contributed by atoms with Crippen LogP contribution < -0.4 is 10.6 Å². The fraction of sp³-hybridized carbons (Fsp3) is 0.333. The Kier molecular flexibility index (Phi) is 3.86. The second-order valence-corrected chi connectivity index (χ2v) is 7.34. The van der Waals surface area contributed by atoms with E-state index in [1.54, 1.807) is 11.3 Å². The van der Waals surface area contributed by atoms with Gasteiger partial charge in [0.1, 0.15) is 0 Å². The molecule has 0 spiro atoms. The van der Waals surface area contributed by atoms with E-state index in [9.17, 15) is 4.79 Å². The van der Waals surface area contributed by atoms with Crippen LogP contribution in [-0.4, -0.2) is 27.4 Å². The molecule has 4 rings (SSSR count). The van der Waals surface area contributed by atoms with Crippen LogP contribution in [0.15, 0.2) is 42.0 Å². The fourth-order valence-corrected chi connectivity index (χ4v) is 3.81. The van der Waals surface area contributed by atoms with Crippen LogP contribution in [0.25, 0.3) is 16.2 Å². The van der Waals surface area contributed by atoms with Crippen molar-refractivity contribution < 1.29 is 4.79 Å². The number of fused-ring (bicyclic) bond motifs is 1. The van der Waals surface area contributed by atoms with Gasteiger partial charge in [-0.1, -0.05) is 12.1 Å². The Labute approximate surface area is 144 Å². The SMILES string of the molecule is CC1(C(=O)Nc2ccc(-c3cn4ccsc4n3)cc2)CCCCN1. The monoisotopic (exact) mass is 340 g/mol. The molecule has 0 radical (unpaired) electrons. The van der Waals surface area contributed by atoms with E-state index in [4.69, 9.17) is 0 Å². The van der Waals surface area contributed by atoms with Gasteiger partial charge in [0.05, 0.1) is 11.2 Å². The van der Waals surface area contributed by atoms with Gasteiger partial charge in [0.15, 0.2) is 4.96 Å². The molecular weight excluding hydrogens is 320 g/mol. The molecule has 1 aromatic carbocycles. The normalized spacial score (nSPS) is 21.0. The predicted molar refractivity (Wildman–Crippen MR) is 97.4 cm³/mol. The topological polar surface area (TPSA) is 58.4 Å². The minimum absolute atomic E-state index is 0.0393. The van der Waals surface area contributed by atoms with E-state index in [1.165, 1.54) is 0 Å². The maximum atomic E-state index is 12.5. The van der Waals surface area contributed by atoms with Gasteiger partial charge in [-0.05, 0) is 44.9 Å². The third-order valence-electron chi connectivity index (χ3n) is 4.65. The summed E-state index contributed by atoms with van der Waals surface area (Å²) in [5, 5.41) is 8.39. The molecule has 1 saturated heterocycles. The Hall–Kier alpha value is -2.18. The molecule has 6 heteroatoms. The summed E-state index contributed by atoms with van der Waals surface area (Å²) < 4.78 is 2.02. The van der Waals surface area contributed by atoms with Crippen LogP contribution in [0.2, 0.25) is 0 Å². The second-order valence-electron chi connectivity index (χ2n) is 6.47. The second kappa shape index (κ2) is 6.03. The number of hydrogen-bond donors (Lipinski definition) is 2. The minimum Gasteiger partial charge on any atom is -0.324 e. The van der Waals surface area contributed by atoms with Gasteiger partial charge in [-0.25, -0.2) is 4.98 Å². The van der Waals surface area contributed by atoms with Crippen molar-refractivity contribution in [3.63, 3.8) is 0 Å². The van der Waals surface area contributed by atoms with Crippen LogP contribution in [0.3, 0.4) is 0 Å². The molecule has 24 heavy (non-hydrogen) atoms. The molecule has 1 aliphatic heterocycles. The summed E-state index contributed by atoms with van der Waals surface area (Å²) in [6, 6.07) is 7.87. The van der Waals surface area contributed by atoms with E-state index < -0.39 is 5.54 Å². The highest BCUT2D eigenvalue weighted by atomic mass is 32.1. The van der Waals surface area contributed by atoms with Crippen molar-refractivity contribution in [3.05, 3.63) is 42.0 Å². The van der Waals surface area contributed by atoms with E-state index in [0.29, 0.717) is 0 Å². The average Bonchev–Trinajstić information content (AvgIpc) is 3.18. The molecule has 1 amide bonds. The fourth-order valence-electron chi connectivity index (χ4n) is 3.11. The number of rotatable bonds is 3. The first-order valence-electron chi connectivity index (χ1n) is 8.23. The number of anilines is 1. The molecule has 124 valence electrons. The first-order valence-corrected chi connectivity index (χ1v) is 9.11. The number of nitrogens with zero attached hydrogens (tertiary/aromatic N) is 2. The zero-order chi connectivity index (χ0) is 16.6. The number of carbonyl (C=O) groups is 1. The minimum atomic E-state index is -0.467. The third-order valence-corrected chi connectivity index (χ3v) is 5.42. The molecule has 2 N–H and O–H groups in total. The van der Waals surface area contributed by atoms with Gasteiger partial charge in [-0.3, -0.25) is 9.20 Å². The third kappa shape index (κ3) is 2.83. The first kappa shape index (κ1) is 15.4. The van der Waals surface area contributed by atoms with Crippen molar-refractivity contribution in [1.29, 1.82) is 0 Å². The lowest BCUT2D eigenvalue weighted by Gasteiger charge is -2.33. The maximum absolute atomic E-state index is 12.5. The van der Waals surface area contributed by atoms with Gasteiger partial charge in [0.25, 0.3) is 0 Å². The molecule has 3 heterocycles. The number of benzene rings is 1. The van der Waals surface area contributed by atoms with Gasteiger partial charge >= 0.3 is 0 Å². The Morgan fingerprint density at radius 3 is 2.88 bits per heavy atom. The van der Waals surface area contributed by atoms with Crippen LogP contribution in [-0.2, 0) is 4.79 Å². The molecule has 1 atom stereocenters. The molecule has 2 aromatic heterocycles. The van der Waals surface area contributed by atoms with Gasteiger partial charge in [0.2, 0.25) is 5.91 Å². The number of imidazole rings is 1. The standard InChI is InChI=1S/C18H20N4OS/c1-18(8-2-3-9-19-18)16(23)20-14-6-4-13(5-7-14)15-12-22-10-11-24-17(22)21-15/h4-7,10-12,19H,2-3,8-9H2,1H3,(H,20,23). The highest BCUT2D eigenvalue weighted by molar-refractivity contribution is 7.15. The summed E-state index contributed by atoms with van der Waals surface area (Å²) in [6.07, 6.45) is 7.13. The van der Waals surface area contributed by atoms with E-state index in [-0.39, 0.29) is 5.91 Å². The van der Waals surface area contributed by atoms with Crippen LogP contribution >= 0.6 is 11.3 Å². The first-order chi connectivity index (χ1) is 11.6. The zero-order valence-corrected chi connectivity index (χ0v) is 14.4. The summed E-state index contributed by atoms with van der Waals surface area (Å²) in [4.78, 5) is 18.1. The van der Waals surface area contributed by atoms with Crippen molar-refractivity contribution in [3.8, 4) is 11.3 Å². The Bertz CT molecular complexity index is 830. The highest BCUT2D eigenvalue weighted by Crippen LogP contribution is 2.24. The number of nitrogens with one attached hydrogen (secondary N) is 2. The highest BCUT2D eigenvalue weighted by Gasteiger charge is 2.34. The molecule has 1 aliphatic rings. The quantitative estimate of drug-likeness (QED) is 0.767. The molecule has 1 unspecified atom stereocenters. The number of amides is 1.